The molecule has 1 atom stereocenters. The highest BCUT2D eigenvalue weighted by Gasteiger charge is 2.26. The molecule has 0 bridgehead atoms. The molecule has 1 aromatic rings. The van der Waals surface area contributed by atoms with Gasteiger partial charge in [0.2, 0.25) is 0 Å². The zero-order valence-electron chi connectivity index (χ0n) is 14.0. The number of amides is 1. The number of benzene rings is 1. The van der Waals surface area contributed by atoms with E-state index in [1.165, 1.54) is 0 Å². The molecule has 7 heteroatoms. The largest absolute Gasteiger partial charge is 0.460 e. The lowest BCUT2D eigenvalue weighted by Crippen LogP contribution is -2.44. The van der Waals surface area contributed by atoms with Crippen LogP contribution in [0.2, 0.25) is 0 Å². The Hall–Kier alpha value is -1.89. The number of halogens is 1. The van der Waals surface area contributed by atoms with Gasteiger partial charge in [-0.25, -0.2) is 4.79 Å². The highest BCUT2D eigenvalue weighted by molar-refractivity contribution is 9.09. The summed E-state index contributed by atoms with van der Waals surface area (Å²) in [5.74, 6) is -0.900. The Morgan fingerprint density at radius 3 is 2.33 bits per heavy atom. The van der Waals surface area contributed by atoms with Crippen molar-refractivity contribution < 1.29 is 23.9 Å². The Morgan fingerprint density at radius 2 is 1.79 bits per heavy atom. The highest BCUT2D eigenvalue weighted by Crippen LogP contribution is 2.10. The summed E-state index contributed by atoms with van der Waals surface area (Å²) in [6.45, 7) is 5.27. The van der Waals surface area contributed by atoms with Crippen molar-refractivity contribution in [3.63, 3.8) is 0 Å². The summed E-state index contributed by atoms with van der Waals surface area (Å²) in [5.41, 5.74) is 0.163. The lowest BCUT2D eigenvalue weighted by atomic mass is 10.1. The van der Waals surface area contributed by atoms with E-state index in [1.54, 1.807) is 20.8 Å². The van der Waals surface area contributed by atoms with E-state index in [0.29, 0.717) is 0 Å². The predicted octanol–water partition coefficient (Wildman–Crippen LogP) is 2.98. The molecular formula is C17H22BrNO5. The van der Waals surface area contributed by atoms with Crippen LogP contribution in [0.1, 0.15) is 32.8 Å². The molecule has 1 rings (SSSR count). The number of carbonyl (C=O) groups is 3. The zero-order valence-corrected chi connectivity index (χ0v) is 15.6. The summed E-state index contributed by atoms with van der Waals surface area (Å²) in [4.78, 5) is 35.6. The predicted molar refractivity (Wildman–Crippen MR) is 92.8 cm³/mol. The Balaban J connectivity index is 2.57. The first-order valence-electron chi connectivity index (χ1n) is 7.49. The van der Waals surface area contributed by atoms with Crippen LogP contribution in [0, 0.1) is 0 Å². The van der Waals surface area contributed by atoms with E-state index in [9.17, 15) is 14.4 Å². The van der Waals surface area contributed by atoms with Gasteiger partial charge in [-0.15, -0.1) is 0 Å². The number of alkyl carbamates (subject to hydrolysis) is 1. The molecule has 0 heterocycles. The molecule has 0 aliphatic rings. The quantitative estimate of drug-likeness (QED) is 0.562. The summed E-state index contributed by atoms with van der Waals surface area (Å²) < 4.78 is 10.2. The van der Waals surface area contributed by atoms with Gasteiger partial charge in [-0.2, -0.15) is 0 Å². The first-order chi connectivity index (χ1) is 11.2. The van der Waals surface area contributed by atoms with E-state index in [0.717, 1.165) is 5.56 Å². The molecule has 0 aliphatic carbocycles. The molecule has 0 aliphatic heterocycles. The van der Waals surface area contributed by atoms with Gasteiger partial charge >= 0.3 is 12.1 Å². The molecule has 1 amide bonds. The van der Waals surface area contributed by atoms with E-state index >= 15 is 0 Å². The van der Waals surface area contributed by atoms with Crippen molar-refractivity contribution >= 4 is 33.8 Å². The van der Waals surface area contributed by atoms with Crippen LogP contribution in [-0.2, 0) is 25.7 Å². The van der Waals surface area contributed by atoms with Crippen LogP contribution in [0.5, 0.6) is 0 Å². The van der Waals surface area contributed by atoms with Crippen LogP contribution in [0.4, 0.5) is 4.79 Å². The number of alkyl halides is 1. The average Bonchev–Trinajstić information content (AvgIpc) is 2.50. The lowest BCUT2D eigenvalue weighted by molar-refractivity contribution is -0.156. The third kappa shape index (κ3) is 8.10. The Bertz CT molecular complexity index is 568. The minimum absolute atomic E-state index is 0.0133. The van der Waals surface area contributed by atoms with Gasteiger partial charge in [0.05, 0.1) is 11.8 Å². The first kappa shape index (κ1) is 20.2. The second-order valence-corrected chi connectivity index (χ2v) is 6.71. The van der Waals surface area contributed by atoms with Gasteiger partial charge in [0.25, 0.3) is 0 Å². The Morgan fingerprint density at radius 1 is 1.17 bits per heavy atom. The average molecular weight is 400 g/mol. The lowest BCUT2D eigenvalue weighted by Gasteiger charge is -2.22. The van der Waals surface area contributed by atoms with Gasteiger partial charge in [-0.1, -0.05) is 46.3 Å². The number of Topliss-reactive ketones (excluding diaryl/α,β-unsaturated/α-hetero) is 1. The van der Waals surface area contributed by atoms with E-state index in [2.05, 4.69) is 21.2 Å². The maximum atomic E-state index is 11.9. The first-order valence-corrected chi connectivity index (χ1v) is 8.61. The Labute approximate surface area is 150 Å². The number of ketones is 1. The fourth-order valence-corrected chi connectivity index (χ4v) is 2.19. The highest BCUT2D eigenvalue weighted by atomic mass is 79.9. The van der Waals surface area contributed by atoms with Crippen molar-refractivity contribution in [3.8, 4) is 0 Å². The fraction of sp³-hybridized carbons (Fsp3) is 0.471. The smallest absolute Gasteiger partial charge is 0.408 e. The van der Waals surface area contributed by atoms with Gasteiger partial charge in [0.15, 0.2) is 5.78 Å². The van der Waals surface area contributed by atoms with E-state index < -0.39 is 23.7 Å². The summed E-state index contributed by atoms with van der Waals surface area (Å²) in [6.07, 6.45) is -1.01. The number of rotatable bonds is 7. The molecule has 24 heavy (non-hydrogen) atoms. The number of carbonyl (C=O) groups excluding carboxylic acids is 3. The molecule has 132 valence electrons. The summed E-state index contributed by atoms with van der Waals surface area (Å²) in [6, 6.07) is 8.15. The number of hydrogen-bond donors (Lipinski definition) is 1. The maximum Gasteiger partial charge on any atom is 0.408 e. The van der Waals surface area contributed by atoms with Crippen LogP contribution in [0.25, 0.3) is 0 Å². The van der Waals surface area contributed by atoms with Gasteiger partial charge in [0, 0.05) is 0 Å². The third-order valence-electron chi connectivity index (χ3n) is 2.82. The Kier molecular flexibility index (Phi) is 7.91. The van der Waals surface area contributed by atoms with Gasteiger partial charge in [0.1, 0.15) is 18.2 Å². The third-order valence-corrected chi connectivity index (χ3v) is 3.37. The van der Waals surface area contributed by atoms with E-state index in [4.69, 9.17) is 9.47 Å². The molecule has 0 unspecified atom stereocenters. The van der Waals surface area contributed by atoms with Crippen LogP contribution in [0.15, 0.2) is 30.3 Å². The molecule has 6 nitrogen and oxygen atoms in total. The minimum atomic E-state index is -0.998. The number of hydrogen-bond acceptors (Lipinski definition) is 5. The molecule has 0 radical (unpaired) electrons. The summed E-state index contributed by atoms with van der Waals surface area (Å²) in [7, 11) is 0. The fourth-order valence-electron chi connectivity index (χ4n) is 1.80. The monoisotopic (exact) mass is 399 g/mol. The van der Waals surface area contributed by atoms with Crippen molar-refractivity contribution in [1.29, 1.82) is 0 Å². The van der Waals surface area contributed by atoms with Gasteiger partial charge in [-0.05, 0) is 26.3 Å². The van der Waals surface area contributed by atoms with Gasteiger partial charge in [-0.3, -0.25) is 9.59 Å². The molecule has 0 aromatic heterocycles. The summed E-state index contributed by atoms with van der Waals surface area (Å²) in [5, 5.41) is 2.43. The van der Waals surface area contributed by atoms with Crippen molar-refractivity contribution in [2.24, 2.45) is 0 Å². The van der Waals surface area contributed by atoms with Crippen LogP contribution < -0.4 is 5.32 Å². The molecule has 1 aromatic carbocycles. The maximum absolute atomic E-state index is 11.9. The minimum Gasteiger partial charge on any atom is -0.460 e. The van der Waals surface area contributed by atoms with Crippen molar-refractivity contribution in [3.05, 3.63) is 35.9 Å². The van der Waals surface area contributed by atoms with Crippen LogP contribution in [-0.4, -0.2) is 34.8 Å². The van der Waals surface area contributed by atoms with E-state index in [1.807, 2.05) is 30.3 Å². The normalized spacial score (nSPS) is 12.2. The van der Waals surface area contributed by atoms with Crippen LogP contribution >= 0.6 is 15.9 Å². The second-order valence-electron chi connectivity index (χ2n) is 6.15. The molecule has 1 N–H and O–H groups in total. The SMILES string of the molecule is CC(C)(C)OC(=O)C[C@@H](NC(=O)OCc1ccccc1)C(=O)CBr. The molecule has 0 fully saturated rings. The van der Waals surface area contributed by atoms with Crippen molar-refractivity contribution in [2.45, 2.75) is 45.4 Å². The second kappa shape index (κ2) is 9.42. The standard InChI is InChI=1S/C17H22BrNO5/c1-17(2,3)24-15(21)9-13(14(20)10-18)19-16(22)23-11-12-7-5-4-6-8-12/h4-8,13H,9-11H2,1-3H3,(H,19,22)/t13-/m1/s1. The van der Waals surface area contributed by atoms with Crippen LogP contribution in [0.3, 0.4) is 0 Å². The molecule has 0 saturated carbocycles. The molecule has 0 spiro atoms. The topological polar surface area (TPSA) is 81.7 Å². The number of esters is 1. The number of nitrogens with one attached hydrogen (secondary N) is 1. The number of ether oxygens (including phenoxy) is 2. The molecular weight excluding hydrogens is 378 g/mol. The van der Waals surface area contributed by atoms with Crippen molar-refractivity contribution in [2.75, 3.05) is 5.33 Å². The summed E-state index contributed by atoms with van der Waals surface area (Å²) >= 11 is 3.04. The molecule has 0 saturated heterocycles. The van der Waals surface area contributed by atoms with Crippen molar-refractivity contribution in [1.82, 2.24) is 5.32 Å². The van der Waals surface area contributed by atoms with Gasteiger partial charge < -0.3 is 14.8 Å². The zero-order chi connectivity index (χ0) is 18.2. The van der Waals surface area contributed by atoms with E-state index in [-0.39, 0.29) is 24.1 Å².